The Balaban J connectivity index is 1.92. The van der Waals surface area contributed by atoms with Gasteiger partial charge in [0.05, 0.1) is 10.7 Å². The molecule has 0 saturated carbocycles. The van der Waals surface area contributed by atoms with Gasteiger partial charge >= 0.3 is 0 Å². The molecule has 0 aliphatic heterocycles. The van der Waals surface area contributed by atoms with E-state index in [-0.39, 0.29) is 0 Å². The molecule has 1 aromatic heterocycles. The lowest BCUT2D eigenvalue weighted by Crippen LogP contribution is -1.90. The SMILES string of the molecule is Cc1[nH]c(Cc2ccc(Cl)cc2)nc1-c1ccc(Cl)cc1Cl. The van der Waals surface area contributed by atoms with Crippen LogP contribution in [0.15, 0.2) is 42.5 Å². The number of halogens is 3. The minimum absolute atomic E-state index is 0.597. The number of benzene rings is 2. The van der Waals surface area contributed by atoms with Gasteiger partial charge in [0.2, 0.25) is 0 Å². The second-order valence-electron chi connectivity index (χ2n) is 5.08. The molecule has 1 N–H and O–H groups in total. The third-order valence-corrected chi connectivity index (χ3v) is 4.20. The van der Waals surface area contributed by atoms with Gasteiger partial charge in [0, 0.05) is 27.7 Å². The van der Waals surface area contributed by atoms with Crippen LogP contribution in [0, 0.1) is 6.92 Å². The minimum Gasteiger partial charge on any atom is -0.345 e. The summed E-state index contributed by atoms with van der Waals surface area (Å²) in [5.41, 5.74) is 3.85. The van der Waals surface area contributed by atoms with Crippen molar-refractivity contribution in [2.75, 3.05) is 0 Å². The van der Waals surface area contributed by atoms with Crippen LogP contribution in [0.5, 0.6) is 0 Å². The molecule has 0 saturated heterocycles. The number of hydrogen-bond donors (Lipinski definition) is 1. The first-order valence-electron chi connectivity index (χ1n) is 6.78. The van der Waals surface area contributed by atoms with E-state index in [0.29, 0.717) is 16.5 Å². The van der Waals surface area contributed by atoms with Crippen molar-refractivity contribution < 1.29 is 0 Å². The Labute approximate surface area is 144 Å². The van der Waals surface area contributed by atoms with Gasteiger partial charge < -0.3 is 4.98 Å². The third-order valence-electron chi connectivity index (χ3n) is 3.40. The van der Waals surface area contributed by atoms with Gasteiger partial charge in [-0.05, 0) is 42.8 Å². The molecule has 0 aliphatic carbocycles. The summed E-state index contributed by atoms with van der Waals surface area (Å²) in [6.45, 7) is 1.98. The first kappa shape index (κ1) is 15.4. The van der Waals surface area contributed by atoms with Crippen LogP contribution in [0.25, 0.3) is 11.3 Å². The van der Waals surface area contributed by atoms with Crippen LogP contribution in [0.3, 0.4) is 0 Å². The molecule has 0 unspecified atom stereocenters. The second-order valence-corrected chi connectivity index (χ2v) is 6.36. The van der Waals surface area contributed by atoms with Crippen LogP contribution < -0.4 is 0 Å². The van der Waals surface area contributed by atoms with Crippen LogP contribution in [-0.4, -0.2) is 9.97 Å². The molecule has 0 amide bonds. The highest BCUT2D eigenvalue weighted by Crippen LogP contribution is 2.31. The van der Waals surface area contributed by atoms with Gasteiger partial charge in [-0.3, -0.25) is 0 Å². The zero-order chi connectivity index (χ0) is 15.7. The lowest BCUT2D eigenvalue weighted by molar-refractivity contribution is 1.02. The molecular formula is C17H13Cl3N2. The number of H-pyrrole nitrogens is 1. The third kappa shape index (κ3) is 3.30. The normalized spacial score (nSPS) is 10.9. The van der Waals surface area contributed by atoms with Crippen LogP contribution in [0.4, 0.5) is 0 Å². The summed E-state index contributed by atoms with van der Waals surface area (Å²) in [7, 11) is 0. The van der Waals surface area contributed by atoms with Gasteiger partial charge in [-0.15, -0.1) is 0 Å². The summed E-state index contributed by atoms with van der Waals surface area (Å²) in [4.78, 5) is 7.98. The van der Waals surface area contributed by atoms with Gasteiger partial charge in [-0.2, -0.15) is 0 Å². The number of aromatic amines is 1. The highest BCUT2D eigenvalue weighted by atomic mass is 35.5. The minimum atomic E-state index is 0.597. The topological polar surface area (TPSA) is 28.7 Å². The Kier molecular flexibility index (Phi) is 4.44. The van der Waals surface area contributed by atoms with E-state index in [4.69, 9.17) is 34.8 Å². The second kappa shape index (κ2) is 6.33. The molecule has 22 heavy (non-hydrogen) atoms. The zero-order valence-corrected chi connectivity index (χ0v) is 14.1. The smallest absolute Gasteiger partial charge is 0.111 e. The predicted molar refractivity (Wildman–Crippen MR) is 93.0 cm³/mol. The Morgan fingerprint density at radius 2 is 1.64 bits per heavy atom. The van der Waals surface area contributed by atoms with Gasteiger partial charge in [-0.1, -0.05) is 46.9 Å². The van der Waals surface area contributed by atoms with Gasteiger partial charge in [0.15, 0.2) is 0 Å². The number of rotatable bonds is 3. The number of hydrogen-bond acceptors (Lipinski definition) is 1. The largest absolute Gasteiger partial charge is 0.345 e. The summed E-state index contributed by atoms with van der Waals surface area (Å²) < 4.78 is 0. The van der Waals surface area contributed by atoms with E-state index in [1.54, 1.807) is 6.07 Å². The maximum Gasteiger partial charge on any atom is 0.111 e. The Hall–Kier alpha value is -1.48. The Morgan fingerprint density at radius 3 is 2.32 bits per heavy atom. The molecule has 0 aliphatic rings. The van der Waals surface area contributed by atoms with Crippen molar-refractivity contribution in [2.45, 2.75) is 13.3 Å². The summed E-state index contributed by atoms with van der Waals surface area (Å²) in [5, 5.41) is 1.94. The fraction of sp³-hybridized carbons (Fsp3) is 0.118. The number of aryl methyl sites for hydroxylation is 1. The van der Waals surface area contributed by atoms with Crippen molar-refractivity contribution in [1.29, 1.82) is 0 Å². The van der Waals surface area contributed by atoms with Crippen LogP contribution in [0.1, 0.15) is 17.1 Å². The highest BCUT2D eigenvalue weighted by Gasteiger charge is 2.12. The van der Waals surface area contributed by atoms with E-state index in [9.17, 15) is 0 Å². The fourth-order valence-electron chi connectivity index (χ4n) is 2.35. The van der Waals surface area contributed by atoms with Crippen molar-refractivity contribution in [3.63, 3.8) is 0 Å². The monoisotopic (exact) mass is 350 g/mol. The van der Waals surface area contributed by atoms with Crippen molar-refractivity contribution in [3.05, 3.63) is 74.6 Å². The van der Waals surface area contributed by atoms with E-state index < -0.39 is 0 Å². The standard InChI is InChI=1S/C17H13Cl3N2/c1-10-17(14-7-6-13(19)9-15(14)20)22-16(21-10)8-11-2-4-12(18)5-3-11/h2-7,9H,8H2,1H3,(H,21,22). The zero-order valence-electron chi connectivity index (χ0n) is 11.8. The number of nitrogens with zero attached hydrogens (tertiary/aromatic N) is 1. The first-order valence-corrected chi connectivity index (χ1v) is 7.91. The molecule has 3 aromatic rings. The lowest BCUT2D eigenvalue weighted by Gasteiger charge is -2.02. The Morgan fingerprint density at radius 1 is 0.955 bits per heavy atom. The summed E-state index contributed by atoms with van der Waals surface area (Å²) >= 11 is 18.1. The van der Waals surface area contributed by atoms with Crippen molar-refractivity contribution in [3.8, 4) is 11.3 Å². The predicted octanol–water partition coefficient (Wildman–Crippen LogP) is 5.94. The summed E-state index contributed by atoms with van der Waals surface area (Å²) in [5.74, 6) is 0.890. The van der Waals surface area contributed by atoms with E-state index in [1.165, 1.54) is 0 Å². The quantitative estimate of drug-likeness (QED) is 0.622. The summed E-state index contributed by atoms with van der Waals surface area (Å²) in [6, 6.07) is 13.2. The van der Waals surface area contributed by atoms with E-state index in [0.717, 1.165) is 33.4 Å². The first-order chi connectivity index (χ1) is 10.5. The van der Waals surface area contributed by atoms with Crippen LogP contribution in [0.2, 0.25) is 15.1 Å². The molecule has 2 aromatic carbocycles. The average Bonchev–Trinajstić information content (AvgIpc) is 2.82. The van der Waals surface area contributed by atoms with E-state index in [1.807, 2.05) is 43.3 Å². The molecule has 0 fully saturated rings. The molecule has 2 nitrogen and oxygen atoms in total. The van der Waals surface area contributed by atoms with Crippen LogP contribution >= 0.6 is 34.8 Å². The molecular weight excluding hydrogens is 339 g/mol. The number of nitrogens with one attached hydrogen (secondary N) is 1. The fourth-order valence-corrected chi connectivity index (χ4v) is 2.97. The molecule has 3 rings (SSSR count). The maximum atomic E-state index is 6.27. The maximum absolute atomic E-state index is 6.27. The number of imidazole rings is 1. The summed E-state index contributed by atoms with van der Waals surface area (Å²) in [6.07, 6.45) is 0.712. The molecule has 1 heterocycles. The van der Waals surface area contributed by atoms with Crippen LogP contribution in [-0.2, 0) is 6.42 Å². The average molecular weight is 352 g/mol. The van der Waals surface area contributed by atoms with Crippen molar-refractivity contribution in [1.82, 2.24) is 9.97 Å². The molecule has 112 valence electrons. The molecule has 0 spiro atoms. The number of aromatic nitrogens is 2. The molecule has 0 radical (unpaired) electrons. The Bertz CT molecular complexity index is 807. The lowest BCUT2D eigenvalue weighted by atomic mass is 10.1. The molecule has 0 atom stereocenters. The van der Waals surface area contributed by atoms with Gasteiger partial charge in [0.1, 0.15) is 5.82 Å². The highest BCUT2D eigenvalue weighted by molar-refractivity contribution is 6.36. The van der Waals surface area contributed by atoms with Gasteiger partial charge in [-0.25, -0.2) is 4.98 Å². The van der Waals surface area contributed by atoms with Gasteiger partial charge in [0.25, 0.3) is 0 Å². The van der Waals surface area contributed by atoms with E-state index >= 15 is 0 Å². The molecule has 0 bridgehead atoms. The molecule has 5 heteroatoms. The van der Waals surface area contributed by atoms with Crippen molar-refractivity contribution in [2.24, 2.45) is 0 Å². The van der Waals surface area contributed by atoms with E-state index in [2.05, 4.69) is 9.97 Å². The van der Waals surface area contributed by atoms with Crippen molar-refractivity contribution >= 4 is 34.8 Å².